The maximum Gasteiger partial charge on any atom is 0.337 e. The molecule has 0 saturated carbocycles. The van der Waals surface area contributed by atoms with Crippen molar-refractivity contribution in [2.75, 3.05) is 17.7 Å². The number of halogens is 1. The maximum atomic E-state index is 11.7. The molecular weight excluding hydrogens is 354 g/mol. The molecule has 0 atom stereocenters. The van der Waals surface area contributed by atoms with Gasteiger partial charge in [0.05, 0.1) is 23.4 Å². The topological polar surface area (TPSA) is 89.0 Å². The predicted octanol–water partition coefficient (Wildman–Crippen LogP) is 3.67. The molecule has 2 aromatic heterocycles. The molecule has 0 aliphatic rings. The summed E-state index contributed by atoms with van der Waals surface area (Å²) in [6, 6.07) is 10.4. The molecule has 2 heterocycles. The Balaban J connectivity index is 1.73. The van der Waals surface area contributed by atoms with Crippen molar-refractivity contribution >= 4 is 35.0 Å². The average Bonchev–Trinajstić information content (AvgIpc) is 2.68. The number of carbonyl (C=O) groups excluding carboxylic acids is 1. The highest BCUT2D eigenvalue weighted by molar-refractivity contribution is 6.33. The number of nitrogens with one attached hydrogen (secondary N) is 2. The van der Waals surface area contributed by atoms with Gasteiger partial charge in [-0.3, -0.25) is 4.98 Å². The fourth-order valence-electron chi connectivity index (χ4n) is 2.20. The number of ether oxygens (including phenoxy) is 1. The van der Waals surface area contributed by atoms with Crippen LogP contribution in [0.4, 0.5) is 17.5 Å². The van der Waals surface area contributed by atoms with Gasteiger partial charge in [-0.1, -0.05) is 17.7 Å². The first kappa shape index (κ1) is 17.6. The summed E-state index contributed by atoms with van der Waals surface area (Å²) in [5.74, 6) is 0.558. The van der Waals surface area contributed by atoms with Crippen LogP contribution in [0.25, 0.3) is 0 Å². The van der Waals surface area contributed by atoms with Crippen LogP contribution >= 0.6 is 11.6 Å². The van der Waals surface area contributed by atoms with E-state index < -0.39 is 5.97 Å². The molecule has 0 saturated heterocycles. The van der Waals surface area contributed by atoms with Crippen molar-refractivity contribution in [3.05, 3.63) is 71.1 Å². The van der Waals surface area contributed by atoms with Crippen LogP contribution < -0.4 is 10.6 Å². The summed E-state index contributed by atoms with van der Waals surface area (Å²) in [6.45, 7) is 0.551. The number of aromatic nitrogens is 3. The van der Waals surface area contributed by atoms with Gasteiger partial charge in [-0.05, 0) is 35.9 Å². The van der Waals surface area contributed by atoms with Crippen LogP contribution in [0, 0.1) is 0 Å². The molecule has 0 unspecified atom stereocenters. The van der Waals surface area contributed by atoms with Crippen molar-refractivity contribution in [1.82, 2.24) is 15.0 Å². The first-order valence-corrected chi connectivity index (χ1v) is 8.14. The van der Waals surface area contributed by atoms with E-state index in [9.17, 15) is 4.79 Å². The molecule has 0 fully saturated rings. The Morgan fingerprint density at radius 2 is 2.12 bits per heavy atom. The maximum absolute atomic E-state index is 11.7. The van der Waals surface area contributed by atoms with Gasteiger partial charge in [0, 0.05) is 25.1 Å². The lowest BCUT2D eigenvalue weighted by Gasteiger charge is -2.10. The molecule has 0 spiro atoms. The number of methoxy groups -OCH3 is 1. The van der Waals surface area contributed by atoms with Crippen molar-refractivity contribution in [3.8, 4) is 0 Å². The van der Waals surface area contributed by atoms with Crippen LogP contribution in [0.5, 0.6) is 0 Å². The summed E-state index contributed by atoms with van der Waals surface area (Å²) in [5, 5.41) is 6.68. The van der Waals surface area contributed by atoms with Crippen LogP contribution in [0.2, 0.25) is 5.02 Å². The van der Waals surface area contributed by atoms with Gasteiger partial charge in [-0.2, -0.15) is 4.98 Å². The number of rotatable bonds is 6. The normalized spacial score (nSPS) is 10.2. The Morgan fingerprint density at radius 1 is 1.23 bits per heavy atom. The third kappa shape index (κ3) is 4.46. The molecule has 3 rings (SSSR count). The SMILES string of the molecule is COC(=O)c1ccc(Cl)c(Nc2ccnc(NCc3cccnc3)n2)c1. The minimum atomic E-state index is -0.439. The predicted molar refractivity (Wildman–Crippen MR) is 99.7 cm³/mol. The van der Waals surface area contributed by atoms with Crippen molar-refractivity contribution in [2.45, 2.75) is 6.54 Å². The second kappa shape index (κ2) is 8.26. The van der Waals surface area contributed by atoms with Gasteiger partial charge in [-0.15, -0.1) is 0 Å². The third-order valence-electron chi connectivity index (χ3n) is 3.48. The molecule has 7 nitrogen and oxygen atoms in total. The van der Waals surface area contributed by atoms with Gasteiger partial charge in [0.1, 0.15) is 5.82 Å². The molecule has 0 amide bonds. The van der Waals surface area contributed by atoms with Crippen LogP contribution in [0.3, 0.4) is 0 Å². The van der Waals surface area contributed by atoms with Crippen LogP contribution in [-0.4, -0.2) is 28.0 Å². The molecule has 0 bridgehead atoms. The van der Waals surface area contributed by atoms with Gasteiger partial charge >= 0.3 is 5.97 Å². The number of benzene rings is 1. The highest BCUT2D eigenvalue weighted by atomic mass is 35.5. The Kier molecular flexibility index (Phi) is 5.60. The van der Waals surface area contributed by atoms with Crippen LogP contribution in [0.15, 0.2) is 55.0 Å². The van der Waals surface area contributed by atoms with Gasteiger partial charge in [-0.25, -0.2) is 9.78 Å². The van der Waals surface area contributed by atoms with Gasteiger partial charge < -0.3 is 15.4 Å². The molecule has 0 aliphatic carbocycles. The Bertz CT molecular complexity index is 905. The van der Waals surface area contributed by atoms with Crippen molar-refractivity contribution in [2.24, 2.45) is 0 Å². The first-order valence-electron chi connectivity index (χ1n) is 7.76. The zero-order valence-electron chi connectivity index (χ0n) is 13.9. The molecule has 26 heavy (non-hydrogen) atoms. The average molecular weight is 370 g/mol. The number of nitrogens with zero attached hydrogens (tertiary/aromatic N) is 3. The number of hydrogen-bond acceptors (Lipinski definition) is 7. The van der Waals surface area contributed by atoms with Crippen molar-refractivity contribution in [3.63, 3.8) is 0 Å². The zero-order chi connectivity index (χ0) is 18.4. The third-order valence-corrected chi connectivity index (χ3v) is 3.81. The smallest absolute Gasteiger partial charge is 0.337 e. The molecule has 2 N–H and O–H groups in total. The van der Waals surface area contributed by atoms with Crippen molar-refractivity contribution < 1.29 is 9.53 Å². The van der Waals surface area contributed by atoms with Crippen LogP contribution in [-0.2, 0) is 11.3 Å². The molecule has 1 aromatic carbocycles. The minimum absolute atomic E-state index is 0.392. The van der Waals surface area contributed by atoms with Gasteiger partial charge in [0.15, 0.2) is 0 Å². The van der Waals surface area contributed by atoms with E-state index in [1.165, 1.54) is 7.11 Å². The molecule has 0 radical (unpaired) electrons. The van der Waals surface area contributed by atoms with E-state index >= 15 is 0 Å². The van der Waals surface area contributed by atoms with E-state index in [4.69, 9.17) is 16.3 Å². The lowest BCUT2D eigenvalue weighted by atomic mass is 10.2. The summed E-state index contributed by atoms with van der Waals surface area (Å²) in [6.07, 6.45) is 5.11. The van der Waals surface area contributed by atoms with E-state index in [1.54, 1.807) is 42.9 Å². The summed E-state index contributed by atoms with van der Waals surface area (Å²) >= 11 is 6.19. The fourth-order valence-corrected chi connectivity index (χ4v) is 2.37. The number of esters is 1. The first-order chi connectivity index (χ1) is 12.7. The number of carbonyl (C=O) groups is 1. The minimum Gasteiger partial charge on any atom is -0.465 e. The highest BCUT2D eigenvalue weighted by Gasteiger charge is 2.10. The van der Waals surface area contributed by atoms with E-state index in [-0.39, 0.29) is 0 Å². The molecule has 3 aromatic rings. The van der Waals surface area contributed by atoms with E-state index in [0.29, 0.717) is 34.6 Å². The molecule has 0 aliphatic heterocycles. The molecule has 8 heteroatoms. The monoisotopic (exact) mass is 369 g/mol. The second-order valence-electron chi connectivity index (χ2n) is 5.29. The molecular formula is C18H16ClN5O2. The van der Waals surface area contributed by atoms with E-state index in [2.05, 4.69) is 25.6 Å². The Labute approximate surface area is 155 Å². The second-order valence-corrected chi connectivity index (χ2v) is 5.70. The Hall–Kier alpha value is -3.19. The fraction of sp³-hybridized carbons (Fsp3) is 0.111. The number of anilines is 3. The lowest BCUT2D eigenvalue weighted by Crippen LogP contribution is -2.06. The molecule has 132 valence electrons. The highest BCUT2D eigenvalue weighted by Crippen LogP contribution is 2.26. The zero-order valence-corrected chi connectivity index (χ0v) is 14.7. The number of pyridine rings is 1. The number of hydrogen-bond donors (Lipinski definition) is 2. The van der Waals surface area contributed by atoms with E-state index in [0.717, 1.165) is 5.56 Å². The van der Waals surface area contributed by atoms with Gasteiger partial charge in [0.2, 0.25) is 5.95 Å². The van der Waals surface area contributed by atoms with Crippen molar-refractivity contribution in [1.29, 1.82) is 0 Å². The van der Waals surface area contributed by atoms with Crippen LogP contribution in [0.1, 0.15) is 15.9 Å². The summed E-state index contributed by atoms with van der Waals surface area (Å²) in [4.78, 5) is 24.3. The Morgan fingerprint density at radius 3 is 2.88 bits per heavy atom. The lowest BCUT2D eigenvalue weighted by molar-refractivity contribution is 0.0601. The standard InChI is InChI=1S/C18H16ClN5O2/c1-26-17(25)13-4-5-14(19)15(9-13)23-16-6-8-21-18(24-16)22-11-12-3-2-7-20-10-12/h2-10H,11H2,1H3,(H2,21,22,23,24). The summed E-state index contributed by atoms with van der Waals surface area (Å²) < 4.78 is 4.72. The van der Waals surface area contributed by atoms with E-state index in [1.807, 2.05) is 12.1 Å². The summed E-state index contributed by atoms with van der Waals surface area (Å²) in [7, 11) is 1.33. The van der Waals surface area contributed by atoms with Gasteiger partial charge in [0.25, 0.3) is 0 Å². The summed E-state index contributed by atoms with van der Waals surface area (Å²) in [5.41, 5.74) is 1.96. The quantitative estimate of drug-likeness (QED) is 0.641. The largest absolute Gasteiger partial charge is 0.465 e.